The number of allylic oxidation sites excluding steroid dienone is 1. The van der Waals surface area contributed by atoms with Crippen molar-refractivity contribution < 1.29 is 47.0 Å². The minimum absolute atomic E-state index is 0.0427. The maximum Gasteiger partial charge on any atom is 0.490 e. The largest absolute Gasteiger partial charge is 0.490 e. The number of nitrogen functional groups attached to an aromatic ring is 1. The van der Waals surface area contributed by atoms with Crippen molar-refractivity contribution in [1.29, 1.82) is 0 Å². The van der Waals surface area contributed by atoms with Crippen LogP contribution in [0.1, 0.15) is 49.9 Å². The number of nitrogens with two attached hydrogens (primary N) is 1. The highest BCUT2D eigenvalue weighted by atomic mass is 19.4. The molecule has 0 spiro atoms. The molecule has 0 bridgehead atoms. The number of rotatable bonds is 14. The lowest BCUT2D eigenvalue weighted by molar-refractivity contribution is -0.192. The van der Waals surface area contributed by atoms with Crippen LogP contribution < -0.4 is 27.2 Å². The van der Waals surface area contributed by atoms with Crippen molar-refractivity contribution >= 4 is 41.0 Å². The highest BCUT2D eigenvalue weighted by molar-refractivity contribution is 6.03. The predicted molar refractivity (Wildman–Crippen MR) is 163 cm³/mol. The third-order valence-electron chi connectivity index (χ3n) is 6.48. The number of anilines is 2. The number of hydrogen-bond acceptors (Lipinski definition) is 8. The molecule has 252 valence electrons. The first-order chi connectivity index (χ1) is 21.6. The molecule has 1 aromatic carbocycles. The van der Waals surface area contributed by atoms with Gasteiger partial charge in [0.1, 0.15) is 18.3 Å². The average Bonchev–Trinajstić information content (AvgIpc) is 3.00. The van der Waals surface area contributed by atoms with Gasteiger partial charge < -0.3 is 36.1 Å². The number of methoxy groups -OCH3 is 1. The van der Waals surface area contributed by atoms with Crippen LogP contribution in [0.2, 0.25) is 0 Å². The molecule has 2 rings (SSSR count). The Hall–Kier alpha value is -5.15. The quantitative estimate of drug-likeness (QED) is 0.116. The molecule has 1 atom stereocenters. The zero-order valence-corrected chi connectivity index (χ0v) is 25.6. The van der Waals surface area contributed by atoms with Gasteiger partial charge in [-0.2, -0.15) is 13.2 Å². The summed E-state index contributed by atoms with van der Waals surface area (Å²) >= 11 is 0. The number of ether oxygens (including phenoxy) is 1. The molecule has 0 saturated heterocycles. The number of aromatic nitrogens is 1. The number of carboxylic acids is 1. The Morgan fingerprint density at radius 3 is 2.26 bits per heavy atom. The fraction of sp³-hybridized carbons (Fsp3) is 0.400. The minimum Gasteiger partial charge on any atom is -0.475 e. The lowest BCUT2D eigenvalue weighted by Gasteiger charge is -2.19. The van der Waals surface area contributed by atoms with Crippen LogP contribution in [0.25, 0.3) is 0 Å². The Balaban J connectivity index is 0.00000135. The van der Waals surface area contributed by atoms with Crippen molar-refractivity contribution in [2.24, 2.45) is 5.92 Å². The van der Waals surface area contributed by atoms with Crippen molar-refractivity contribution in [2.75, 3.05) is 24.7 Å². The fourth-order valence-electron chi connectivity index (χ4n) is 3.74. The van der Waals surface area contributed by atoms with Crippen LogP contribution in [-0.2, 0) is 30.5 Å². The maximum absolute atomic E-state index is 13.2. The van der Waals surface area contributed by atoms with Crippen LogP contribution in [0.15, 0.2) is 59.5 Å². The number of pyridine rings is 1. The molecule has 1 heterocycles. The second-order valence-electron chi connectivity index (χ2n) is 9.75. The molecule has 2 aromatic rings. The third kappa shape index (κ3) is 13.7. The van der Waals surface area contributed by atoms with E-state index in [-0.39, 0.29) is 42.2 Å². The summed E-state index contributed by atoms with van der Waals surface area (Å²) in [4.78, 5) is 71.6. The van der Waals surface area contributed by atoms with Gasteiger partial charge in [0.15, 0.2) is 0 Å². The molecule has 6 N–H and O–H groups in total. The molecule has 0 radical (unpaired) electrons. The number of esters is 1. The van der Waals surface area contributed by atoms with E-state index in [9.17, 15) is 37.1 Å². The Kier molecular flexibility index (Phi) is 16.3. The minimum atomic E-state index is -5.08. The van der Waals surface area contributed by atoms with Crippen molar-refractivity contribution in [3.8, 4) is 0 Å². The van der Waals surface area contributed by atoms with E-state index in [1.807, 2.05) is 0 Å². The van der Waals surface area contributed by atoms with Crippen molar-refractivity contribution in [1.82, 2.24) is 15.2 Å². The summed E-state index contributed by atoms with van der Waals surface area (Å²) < 4.78 is 37.5. The summed E-state index contributed by atoms with van der Waals surface area (Å²) in [7, 11) is 1.25. The number of aliphatic carboxylic acids is 1. The van der Waals surface area contributed by atoms with Crippen molar-refractivity contribution in [3.05, 3.63) is 70.7 Å². The number of nitrogens with one attached hydrogen (secondary N) is 3. The Bertz CT molecular complexity index is 1440. The zero-order chi connectivity index (χ0) is 34.9. The molecule has 3 amide bonds. The smallest absolute Gasteiger partial charge is 0.475 e. The molecule has 46 heavy (non-hydrogen) atoms. The van der Waals surface area contributed by atoms with Crippen LogP contribution >= 0.6 is 0 Å². The van der Waals surface area contributed by atoms with E-state index in [4.69, 9.17) is 15.6 Å². The lowest BCUT2D eigenvalue weighted by Crippen LogP contribution is -2.45. The van der Waals surface area contributed by atoms with E-state index in [2.05, 4.69) is 34.5 Å². The molecule has 13 nitrogen and oxygen atoms in total. The van der Waals surface area contributed by atoms with Crippen molar-refractivity contribution in [3.63, 3.8) is 0 Å². The van der Waals surface area contributed by atoms with E-state index in [1.165, 1.54) is 42.2 Å². The first-order valence-electron chi connectivity index (χ1n) is 14.1. The molecule has 0 aliphatic heterocycles. The monoisotopic (exact) mass is 653 g/mol. The van der Waals surface area contributed by atoms with Crippen LogP contribution in [0.4, 0.5) is 24.5 Å². The number of benzene rings is 1. The molecule has 1 aromatic heterocycles. The summed E-state index contributed by atoms with van der Waals surface area (Å²) in [5, 5.41) is 15.2. The van der Waals surface area contributed by atoms with Gasteiger partial charge in [0, 0.05) is 24.5 Å². The molecule has 0 aliphatic rings. The van der Waals surface area contributed by atoms with Gasteiger partial charge in [-0.25, -0.2) is 9.59 Å². The molecular weight excluding hydrogens is 615 g/mol. The second-order valence-corrected chi connectivity index (χ2v) is 9.75. The number of carbonyl (C=O) groups is 5. The van der Waals surface area contributed by atoms with Gasteiger partial charge in [-0.1, -0.05) is 44.9 Å². The Morgan fingerprint density at radius 1 is 1.07 bits per heavy atom. The molecule has 0 unspecified atom stereocenters. The van der Waals surface area contributed by atoms with E-state index < -0.39 is 41.5 Å². The summed E-state index contributed by atoms with van der Waals surface area (Å²) in [6, 6.07) is 8.33. The lowest BCUT2D eigenvalue weighted by atomic mass is 10.0. The fourth-order valence-corrected chi connectivity index (χ4v) is 3.74. The zero-order valence-electron chi connectivity index (χ0n) is 25.6. The summed E-state index contributed by atoms with van der Waals surface area (Å²) in [5.74, 6) is -4.46. The number of alkyl halides is 3. The first-order valence-corrected chi connectivity index (χ1v) is 14.1. The number of halogens is 3. The van der Waals surface area contributed by atoms with E-state index in [0.717, 1.165) is 12.8 Å². The number of para-hydroxylation sites is 1. The first kappa shape index (κ1) is 38.9. The van der Waals surface area contributed by atoms with E-state index in [1.54, 1.807) is 24.3 Å². The number of carbonyl (C=O) groups excluding carboxylic acids is 4. The summed E-state index contributed by atoms with van der Waals surface area (Å²) in [5.41, 5.74) is 5.73. The number of hydrogen-bond donors (Lipinski definition) is 5. The highest BCUT2D eigenvalue weighted by Gasteiger charge is 2.38. The standard InChI is InChI=1S/C28H37N5O6.C2HF3O2/c1-4-19(5-2)17-30-24(34)18-33-16-10-14-23(28(33)38)32-27(37)22(13-8-9-15-25(35)39-3)31-26(36)20-11-6-7-12-21(20)29;3-2(4,5)1(6)7/h6-7,9-12,14-16,19,22H,4-5,8,13,17-18,29H2,1-3H3,(H,30,34)(H,31,36)(H,32,37);(H,6,7)/b15-9+;/t22-;/m0./s1. The van der Waals surface area contributed by atoms with Crippen LogP contribution in [-0.4, -0.2) is 65.2 Å². The SMILES string of the molecule is CCC(CC)CNC(=O)Cn1cccc(NC(=O)[C@H](CC/C=C/C(=O)OC)NC(=O)c2ccccc2N)c1=O.O=C(O)C(F)(F)F. The van der Waals surface area contributed by atoms with Crippen LogP contribution in [0.5, 0.6) is 0 Å². The van der Waals surface area contributed by atoms with Gasteiger partial charge in [-0.15, -0.1) is 0 Å². The van der Waals surface area contributed by atoms with Gasteiger partial charge in [0.05, 0.1) is 12.7 Å². The predicted octanol–water partition coefficient (Wildman–Crippen LogP) is 2.86. The van der Waals surface area contributed by atoms with Crippen LogP contribution in [0, 0.1) is 5.92 Å². The second kappa shape index (κ2) is 19.3. The van der Waals surface area contributed by atoms with Gasteiger partial charge in [-0.3, -0.25) is 19.2 Å². The number of carboxylic acid groups (broad SMARTS) is 1. The normalized spacial score (nSPS) is 11.6. The topological polar surface area (TPSA) is 199 Å². The summed E-state index contributed by atoms with van der Waals surface area (Å²) in [6.45, 7) is 4.43. The number of nitrogens with zero attached hydrogens (tertiary/aromatic N) is 1. The summed E-state index contributed by atoms with van der Waals surface area (Å²) in [6.07, 6.45) is 1.37. The van der Waals surface area contributed by atoms with Gasteiger partial charge >= 0.3 is 18.1 Å². The molecule has 0 aliphatic carbocycles. The van der Waals surface area contributed by atoms with Gasteiger partial charge in [-0.05, 0) is 43.0 Å². The molecule has 16 heteroatoms. The van der Waals surface area contributed by atoms with E-state index in [0.29, 0.717) is 12.5 Å². The highest BCUT2D eigenvalue weighted by Crippen LogP contribution is 2.14. The average molecular weight is 654 g/mol. The van der Waals surface area contributed by atoms with Crippen LogP contribution in [0.3, 0.4) is 0 Å². The maximum atomic E-state index is 13.2. The Labute approximate surface area is 263 Å². The molecule has 0 saturated carbocycles. The van der Waals surface area contributed by atoms with Gasteiger partial charge in [0.2, 0.25) is 11.8 Å². The molecule has 0 fully saturated rings. The Morgan fingerprint density at radius 2 is 1.70 bits per heavy atom. The van der Waals surface area contributed by atoms with Crippen molar-refractivity contribution in [2.45, 2.75) is 58.3 Å². The molecular formula is C30H38F3N5O8. The third-order valence-corrected chi connectivity index (χ3v) is 6.48. The van der Waals surface area contributed by atoms with E-state index >= 15 is 0 Å². The number of amides is 3. The van der Waals surface area contributed by atoms with Gasteiger partial charge in [0.25, 0.3) is 11.5 Å².